The molecule has 2 rings (SSSR count). The minimum Gasteiger partial charge on any atom is -0.493 e. The van der Waals surface area contributed by atoms with Crippen LogP contribution in [0.25, 0.3) is 0 Å². The summed E-state index contributed by atoms with van der Waals surface area (Å²) >= 11 is 0. The largest absolute Gasteiger partial charge is 0.493 e. The van der Waals surface area contributed by atoms with Gasteiger partial charge in [-0.25, -0.2) is 13.6 Å². The van der Waals surface area contributed by atoms with Gasteiger partial charge in [0.05, 0.1) is 17.4 Å². The molecule has 1 aromatic rings. The molecule has 0 aliphatic carbocycles. The molecular weight excluding hydrogens is 256 g/mol. The van der Waals surface area contributed by atoms with Crippen molar-refractivity contribution in [2.75, 3.05) is 13.7 Å². The Bertz CT molecular complexity index is 583. The number of nitrogens with two attached hydrogens (primary N) is 1. The molecule has 6 nitrogen and oxygen atoms in total. The van der Waals surface area contributed by atoms with Crippen LogP contribution in [0.3, 0.4) is 0 Å². The molecule has 0 radical (unpaired) electrons. The van der Waals surface area contributed by atoms with Crippen molar-refractivity contribution in [2.45, 2.75) is 17.2 Å². The van der Waals surface area contributed by atoms with E-state index in [0.717, 1.165) is 0 Å². The number of nitrogens with one attached hydrogen (secondary N) is 1. The number of ether oxygens (including phenoxy) is 1. The van der Waals surface area contributed by atoms with E-state index in [1.54, 1.807) is 7.05 Å². The fourth-order valence-electron chi connectivity index (χ4n) is 2.00. The van der Waals surface area contributed by atoms with Crippen LogP contribution in [0.15, 0.2) is 23.1 Å². The number of rotatable bonds is 2. The van der Waals surface area contributed by atoms with Crippen LogP contribution >= 0.6 is 0 Å². The highest BCUT2D eigenvalue weighted by molar-refractivity contribution is 7.89. The lowest BCUT2D eigenvalue weighted by Crippen LogP contribution is -2.30. The molecule has 0 saturated heterocycles. The molecule has 7 heteroatoms. The van der Waals surface area contributed by atoms with Gasteiger partial charge in [-0.1, -0.05) is 0 Å². The van der Waals surface area contributed by atoms with E-state index in [9.17, 15) is 13.2 Å². The van der Waals surface area contributed by atoms with Crippen molar-refractivity contribution >= 4 is 15.9 Å². The number of hydrogen-bond acceptors (Lipinski definition) is 4. The first kappa shape index (κ1) is 12.8. The predicted octanol–water partition coefficient (Wildman–Crippen LogP) is -0.0539. The van der Waals surface area contributed by atoms with Crippen LogP contribution in [0.2, 0.25) is 0 Å². The second-order valence-electron chi connectivity index (χ2n) is 4.05. The molecule has 1 amide bonds. The van der Waals surface area contributed by atoms with Crippen LogP contribution in [-0.2, 0) is 14.8 Å². The summed E-state index contributed by atoms with van der Waals surface area (Å²) in [4.78, 5) is 11.7. The fourth-order valence-corrected chi connectivity index (χ4v) is 2.55. The normalized spacial score (nSPS) is 18.7. The number of carbonyl (C=O) groups excluding carboxylic acids is 1. The van der Waals surface area contributed by atoms with E-state index in [2.05, 4.69) is 5.32 Å². The summed E-state index contributed by atoms with van der Waals surface area (Å²) in [6, 6.07) is 4.31. The van der Waals surface area contributed by atoms with E-state index in [1.807, 2.05) is 0 Å². The molecule has 0 aromatic heterocycles. The molecule has 98 valence electrons. The predicted molar refractivity (Wildman–Crippen MR) is 64.7 cm³/mol. The number of carbonyl (C=O) groups is 1. The SMILES string of the molecule is CNC(=O)C1CCOc2ccc(S(N)(=O)=O)cc21. The lowest BCUT2D eigenvalue weighted by molar-refractivity contribution is -0.122. The monoisotopic (exact) mass is 270 g/mol. The van der Waals surface area contributed by atoms with Crippen molar-refractivity contribution in [3.8, 4) is 5.75 Å². The van der Waals surface area contributed by atoms with Gasteiger partial charge in [0.2, 0.25) is 15.9 Å². The van der Waals surface area contributed by atoms with Gasteiger partial charge in [-0.3, -0.25) is 4.79 Å². The van der Waals surface area contributed by atoms with Crippen LogP contribution in [0.5, 0.6) is 5.75 Å². The van der Waals surface area contributed by atoms with Gasteiger partial charge in [0, 0.05) is 12.6 Å². The smallest absolute Gasteiger partial charge is 0.238 e. The molecule has 1 aliphatic heterocycles. The lowest BCUT2D eigenvalue weighted by atomic mass is 9.92. The van der Waals surface area contributed by atoms with Crippen molar-refractivity contribution in [3.05, 3.63) is 23.8 Å². The van der Waals surface area contributed by atoms with Crippen LogP contribution in [0.4, 0.5) is 0 Å². The van der Waals surface area contributed by atoms with Gasteiger partial charge in [-0.15, -0.1) is 0 Å². The zero-order chi connectivity index (χ0) is 13.3. The summed E-state index contributed by atoms with van der Waals surface area (Å²) in [6.07, 6.45) is 0.515. The average molecular weight is 270 g/mol. The highest BCUT2D eigenvalue weighted by atomic mass is 32.2. The minimum atomic E-state index is -3.78. The zero-order valence-electron chi connectivity index (χ0n) is 9.84. The van der Waals surface area contributed by atoms with E-state index >= 15 is 0 Å². The fraction of sp³-hybridized carbons (Fsp3) is 0.364. The average Bonchev–Trinajstić information content (AvgIpc) is 2.35. The van der Waals surface area contributed by atoms with Crippen molar-refractivity contribution in [3.63, 3.8) is 0 Å². The van der Waals surface area contributed by atoms with Gasteiger partial charge in [0.15, 0.2) is 0 Å². The Balaban J connectivity index is 2.51. The summed E-state index contributed by atoms with van der Waals surface area (Å²) < 4.78 is 28.0. The summed E-state index contributed by atoms with van der Waals surface area (Å²) in [5.74, 6) is -0.0335. The summed E-state index contributed by atoms with van der Waals surface area (Å²) in [7, 11) is -2.24. The zero-order valence-corrected chi connectivity index (χ0v) is 10.7. The Morgan fingerprint density at radius 2 is 2.22 bits per heavy atom. The minimum absolute atomic E-state index is 0.0133. The molecule has 3 N–H and O–H groups in total. The number of amides is 1. The second kappa shape index (κ2) is 4.58. The number of sulfonamides is 1. The molecule has 1 heterocycles. The molecule has 1 aromatic carbocycles. The van der Waals surface area contributed by atoms with E-state index in [0.29, 0.717) is 24.3 Å². The highest BCUT2D eigenvalue weighted by Crippen LogP contribution is 2.35. The first-order chi connectivity index (χ1) is 8.43. The van der Waals surface area contributed by atoms with Gasteiger partial charge >= 0.3 is 0 Å². The number of primary sulfonamides is 1. The molecule has 18 heavy (non-hydrogen) atoms. The summed E-state index contributed by atoms with van der Waals surface area (Å²) in [6.45, 7) is 0.430. The van der Waals surface area contributed by atoms with Crippen LogP contribution in [0, 0.1) is 0 Å². The number of fused-ring (bicyclic) bond motifs is 1. The van der Waals surface area contributed by atoms with Gasteiger partial charge in [-0.05, 0) is 24.6 Å². The van der Waals surface area contributed by atoms with Crippen molar-refractivity contribution in [1.29, 1.82) is 0 Å². The Morgan fingerprint density at radius 3 is 2.83 bits per heavy atom. The summed E-state index contributed by atoms with van der Waals surface area (Å²) in [5, 5.41) is 7.63. The van der Waals surface area contributed by atoms with Gasteiger partial charge < -0.3 is 10.1 Å². The van der Waals surface area contributed by atoms with E-state index in [4.69, 9.17) is 9.88 Å². The first-order valence-electron chi connectivity index (χ1n) is 5.44. The van der Waals surface area contributed by atoms with Gasteiger partial charge in [0.1, 0.15) is 5.75 Å². The third-order valence-electron chi connectivity index (χ3n) is 2.91. The van der Waals surface area contributed by atoms with Crippen molar-refractivity contribution in [1.82, 2.24) is 5.32 Å². The Hall–Kier alpha value is -1.60. The van der Waals surface area contributed by atoms with Gasteiger partial charge in [0.25, 0.3) is 0 Å². The van der Waals surface area contributed by atoms with Crippen LogP contribution < -0.4 is 15.2 Å². The van der Waals surface area contributed by atoms with Crippen LogP contribution in [-0.4, -0.2) is 28.0 Å². The van der Waals surface area contributed by atoms with E-state index in [1.165, 1.54) is 18.2 Å². The maximum absolute atomic E-state index is 11.7. The Labute approximate surface area is 105 Å². The van der Waals surface area contributed by atoms with Crippen LogP contribution in [0.1, 0.15) is 17.9 Å². The van der Waals surface area contributed by atoms with E-state index in [-0.39, 0.29) is 10.8 Å². The third kappa shape index (κ3) is 2.32. The third-order valence-corrected chi connectivity index (χ3v) is 3.82. The van der Waals surface area contributed by atoms with Crippen molar-refractivity contribution < 1.29 is 17.9 Å². The quantitative estimate of drug-likeness (QED) is 0.787. The molecule has 0 spiro atoms. The summed E-state index contributed by atoms with van der Waals surface area (Å²) in [5.41, 5.74) is 0.562. The van der Waals surface area contributed by atoms with Crippen molar-refractivity contribution in [2.24, 2.45) is 5.14 Å². The Morgan fingerprint density at radius 1 is 1.50 bits per heavy atom. The standard InChI is InChI=1S/C11H14N2O4S/c1-13-11(14)8-4-5-17-10-3-2-7(6-9(8)10)18(12,15)16/h2-3,6,8H,4-5H2,1H3,(H,13,14)(H2,12,15,16). The van der Waals surface area contributed by atoms with E-state index < -0.39 is 15.9 Å². The molecule has 1 aliphatic rings. The Kier molecular flexibility index (Phi) is 3.27. The molecule has 0 bridgehead atoms. The number of benzene rings is 1. The topological polar surface area (TPSA) is 98.5 Å². The number of likely N-dealkylation sites (N-methyl/N-ethyl adjacent to an activating group) is 1. The molecule has 0 fully saturated rings. The maximum atomic E-state index is 11.7. The lowest BCUT2D eigenvalue weighted by Gasteiger charge is -2.25. The maximum Gasteiger partial charge on any atom is 0.238 e. The number of hydrogen-bond donors (Lipinski definition) is 2. The molecular formula is C11H14N2O4S. The van der Waals surface area contributed by atoms with Gasteiger partial charge in [-0.2, -0.15) is 0 Å². The molecule has 0 saturated carbocycles. The first-order valence-corrected chi connectivity index (χ1v) is 6.99. The highest BCUT2D eigenvalue weighted by Gasteiger charge is 2.28. The molecule has 1 atom stereocenters. The second-order valence-corrected chi connectivity index (χ2v) is 5.61. The molecule has 1 unspecified atom stereocenters.